The molecule has 5 rings (SSSR count). The first-order chi connectivity index (χ1) is 14.3. The lowest BCUT2D eigenvalue weighted by Crippen LogP contribution is -2.59. The minimum Gasteiger partial charge on any atom is -0.388 e. The molecule has 1 saturated heterocycles. The number of carbonyl (C=O) groups is 2. The van der Waals surface area contributed by atoms with Gasteiger partial charge in [0.05, 0.1) is 6.10 Å². The predicted molar refractivity (Wildman–Crippen MR) is 111 cm³/mol. The SMILES string of the molecule is CCCC1O[C@@H]2C[C@H]3[C@@H]4CCC5=CC(=O)C=C[C@]5(C)C4=CC[C@]3(C)[C@]2(C(=O)CO)O1. The number of rotatable bonds is 4. The van der Waals surface area contributed by atoms with Gasteiger partial charge in [0.25, 0.3) is 0 Å². The molecule has 0 aromatic heterocycles. The van der Waals surface area contributed by atoms with Gasteiger partial charge in [-0.1, -0.05) is 43.6 Å². The summed E-state index contributed by atoms with van der Waals surface area (Å²) in [4.78, 5) is 25.1. The number of aliphatic hydroxyl groups is 1. The summed E-state index contributed by atoms with van der Waals surface area (Å²) < 4.78 is 12.7. The minimum absolute atomic E-state index is 0.0776. The molecule has 0 amide bonds. The van der Waals surface area contributed by atoms with Crippen LogP contribution >= 0.6 is 0 Å². The molecule has 4 aliphatic carbocycles. The van der Waals surface area contributed by atoms with Crippen LogP contribution in [0.1, 0.15) is 59.3 Å². The Hall–Kier alpha value is -1.56. The van der Waals surface area contributed by atoms with Crippen LogP contribution in [0.5, 0.6) is 0 Å². The van der Waals surface area contributed by atoms with E-state index in [9.17, 15) is 14.7 Å². The Kier molecular flexibility index (Phi) is 4.56. The molecule has 3 fully saturated rings. The van der Waals surface area contributed by atoms with E-state index in [1.165, 1.54) is 11.1 Å². The van der Waals surface area contributed by atoms with Crippen LogP contribution in [0.4, 0.5) is 0 Å². The van der Waals surface area contributed by atoms with Gasteiger partial charge in [-0.25, -0.2) is 0 Å². The Morgan fingerprint density at radius 1 is 1.33 bits per heavy atom. The first-order valence-corrected chi connectivity index (χ1v) is 11.4. The average molecular weight is 413 g/mol. The lowest BCUT2D eigenvalue weighted by molar-refractivity contribution is -0.175. The van der Waals surface area contributed by atoms with E-state index in [0.29, 0.717) is 5.92 Å². The van der Waals surface area contributed by atoms with Crippen molar-refractivity contribution in [1.82, 2.24) is 0 Å². The van der Waals surface area contributed by atoms with Gasteiger partial charge in [-0.05, 0) is 63.0 Å². The molecule has 0 aromatic rings. The van der Waals surface area contributed by atoms with Crippen molar-refractivity contribution in [3.63, 3.8) is 0 Å². The molecule has 5 heteroatoms. The van der Waals surface area contributed by atoms with Crippen LogP contribution in [-0.2, 0) is 19.1 Å². The fraction of sp³-hybridized carbons (Fsp3) is 0.680. The van der Waals surface area contributed by atoms with Crippen LogP contribution < -0.4 is 0 Å². The predicted octanol–water partition coefficient (Wildman–Crippen LogP) is 3.67. The number of allylic oxidation sites excluding steroid dienone is 6. The number of fused-ring (bicyclic) bond motifs is 7. The van der Waals surface area contributed by atoms with Gasteiger partial charge in [0.2, 0.25) is 0 Å². The van der Waals surface area contributed by atoms with Crippen LogP contribution in [0.25, 0.3) is 0 Å². The van der Waals surface area contributed by atoms with Gasteiger partial charge in [0.15, 0.2) is 23.5 Å². The maximum absolute atomic E-state index is 13.2. The zero-order valence-corrected chi connectivity index (χ0v) is 18.1. The summed E-state index contributed by atoms with van der Waals surface area (Å²) in [5, 5.41) is 9.86. The van der Waals surface area contributed by atoms with E-state index in [-0.39, 0.29) is 35.3 Å². The minimum atomic E-state index is -1.07. The summed E-state index contributed by atoms with van der Waals surface area (Å²) in [5.74, 6) is 0.423. The first-order valence-electron chi connectivity index (χ1n) is 11.4. The summed E-state index contributed by atoms with van der Waals surface area (Å²) in [5.41, 5.74) is 0.902. The maximum atomic E-state index is 13.2. The molecule has 1 aliphatic heterocycles. The fourth-order valence-electron chi connectivity index (χ4n) is 7.33. The number of ketones is 2. The van der Waals surface area contributed by atoms with Crippen molar-refractivity contribution in [2.24, 2.45) is 22.7 Å². The fourth-order valence-corrected chi connectivity index (χ4v) is 7.33. The number of ether oxygens (including phenoxy) is 2. The summed E-state index contributed by atoms with van der Waals surface area (Å²) >= 11 is 0. The van der Waals surface area contributed by atoms with Gasteiger partial charge >= 0.3 is 0 Å². The lowest BCUT2D eigenvalue weighted by atomic mass is 9.51. The van der Waals surface area contributed by atoms with Gasteiger partial charge in [-0.2, -0.15) is 0 Å². The van der Waals surface area contributed by atoms with Crippen molar-refractivity contribution >= 4 is 11.6 Å². The van der Waals surface area contributed by atoms with Gasteiger partial charge in [-0.15, -0.1) is 0 Å². The highest BCUT2D eigenvalue weighted by Crippen LogP contribution is 2.68. The van der Waals surface area contributed by atoms with Crippen molar-refractivity contribution in [2.45, 2.75) is 77.3 Å². The van der Waals surface area contributed by atoms with E-state index in [2.05, 4.69) is 32.9 Å². The molecule has 162 valence electrons. The number of carbonyl (C=O) groups excluding carboxylic acids is 2. The molecule has 30 heavy (non-hydrogen) atoms. The molecule has 0 radical (unpaired) electrons. The quantitative estimate of drug-likeness (QED) is 0.714. The highest BCUT2D eigenvalue weighted by Gasteiger charge is 2.73. The normalized spacial score (nSPS) is 46.5. The molecule has 1 heterocycles. The molecular weight excluding hydrogens is 380 g/mol. The van der Waals surface area contributed by atoms with E-state index in [0.717, 1.165) is 38.5 Å². The monoisotopic (exact) mass is 412 g/mol. The second kappa shape index (κ2) is 6.72. The van der Waals surface area contributed by atoms with Crippen LogP contribution in [0.15, 0.2) is 35.5 Å². The highest BCUT2D eigenvalue weighted by atomic mass is 16.7. The molecule has 5 aliphatic rings. The standard InChI is InChI=1S/C25H32O5/c1-4-5-22-29-21-13-19-17-7-6-15-12-16(27)8-10-23(15,2)18(17)9-11-24(19,3)25(21,30-22)20(28)14-26/h8-10,12,17,19,21-22,26H,4-7,11,13-14H2,1-3H3/t17-,19+,21-,22?,23+,24+,25-/m1/s1. The Labute approximate surface area is 178 Å². The van der Waals surface area contributed by atoms with Crippen molar-refractivity contribution in [1.29, 1.82) is 0 Å². The van der Waals surface area contributed by atoms with Crippen molar-refractivity contribution < 1.29 is 24.2 Å². The Morgan fingerprint density at radius 2 is 2.13 bits per heavy atom. The number of hydrogen-bond donors (Lipinski definition) is 1. The van der Waals surface area contributed by atoms with Crippen molar-refractivity contribution in [3.05, 3.63) is 35.5 Å². The molecule has 1 N–H and O–H groups in total. The van der Waals surface area contributed by atoms with Crippen molar-refractivity contribution in [3.8, 4) is 0 Å². The first kappa shape index (κ1) is 20.3. The summed E-state index contributed by atoms with van der Waals surface area (Å²) in [6, 6.07) is 0. The van der Waals surface area contributed by atoms with Crippen LogP contribution in [-0.4, -0.2) is 41.3 Å². The summed E-state index contributed by atoms with van der Waals surface area (Å²) in [6.45, 7) is 5.96. The largest absolute Gasteiger partial charge is 0.388 e. The summed E-state index contributed by atoms with van der Waals surface area (Å²) in [7, 11) is 0. The Bertz CT molecular complexity index is 884. The van der Waals surface area contributed by atoms with Gasteiger partial charge in [0.1, 0.15) is 6.61 Å². The van der Waals surface area contributed by atoms with Gasteiger partial charge < -0.3 is 14.6 Å². The number of aliphatic hydroxyl groups excluding tert-OH is 1. The van der Waals surface area contributed by atoms with Crippen LogP contribution in [0, 0.1) is 22.7 Å². The zero-order valence-electron chi connectivity index (χ0n) is 18.1. The number of hydrogen-bond acceptors (Lipinski definition) is 5. The third kappa shape index (κ3) is 2.40. The second-order valence-electron chi connectivity index (χ2n) is 10.2. The second-order valence-corrected chi connectivity index (χ2v) is 10.2. The van der Waals surface area contributed by atoms with Gasteiger partial charge in [0, 0.05) is 10.8 Å². The van der Waals surface area contributed by atoms with Gasteiger partial charge in [-0.3, -0.25) is 9.59 Å². The molecule has 2 saturated carbocycles. The third-order valence-corrected chi connectivity index (χ3v) is 8.82. The third-order valence-electron chi connectivity index (χ3n) is 8.82. The Balaban J connectivity index is 1.57. The number of Topliss-reactive ketones (excluding diaryl/α,β-unsaturated/α-hetero) is 1. The molecular formula is C25H32O5. The Morgan fingerprint density at radius 3 is 2.87 bits per heavy atom. The van der Waals surface area contributed by atoms with Crippen LogP contribution in [0.2, 0.25) is 0 Å². The van der Waals surface area contributed by atoms with Crippen LogP contribution in [0.3, 0.4) is 0 Å². The zero-order chi connectivity index (χ0) is 21.3. The van der Waals surface area contributed by atoms with E-state index >= 15 is 0 Å². The van der Waals surface area contributed by atoms with Crippen molar-refractivity contribution in [2.75, 3.05) is 6.61 Å². The molecule has 1 unspecified atom stereocenters. The smallest absolute Gasteiger partial charge is 0.193 e. The molecule has 7 atom stereocenters. The maximum Gasteiger partial charge on any atom is 0.193 e. The van der Waals surface area contributed by atoms with E-state index in [1.807, 2.05) is 6.08 Å². The van der Waals surface area contributed by atoms with E-state index in [1.54, 1.807) is 6.08 Å². The highest BCUT2D eigenvalue weighted by molar-refractivity contribution is 6.01. The molecule has 5 nitrogen and oxygen atoms in total. The topological polar surface area (TPSA) is 72.8 Å². The lowest BCUT2D eigenvalue weighted by Gasteiger charge is -2.53. The molecule has 0 aromatic carbocycles. The van der Waals surface area contributed by atoms with E-state index < -0.39 is 17.6 Å². The summed E-state index contributed by atoms with van der Waals surface area (Å²) in [6.07, 6.45) is 12.3. The molecule has 0 spiro atoms. The average Bonchev–Trinajstić information content (AvgIpc) is 3.20. The van der Waals surface area contributed by atoms with E-state index in [4.69, 9.17) is 9.47 Å². The molecule has 0 bridgehead atoms.